The third kappa shape index (κ3) is 2.87. The molecule has 0 radical (unpaired) electrons. The first-order valence-corrected chi connectivity index (χ1v) is 6.26. The van der Waals surface area contributed by atoms with Gasteiger partial charge >= 0.3 is 12.4 Å². The van der Waals surface area contributed by atoms with Gasteiger partial charge in [0.1, 0.15) is 0 Å². The summed E-state index contributed by atoms with van der Waals surface area (Å²) in [7, 11) is 0. The van der Waals surface area contributed by atoms with Gasteiger partial charge in [0.2, 0.25) is 0 Å². The number of amides is 2. The van der Waals surface area contributed by atoms with Crippen molar-refractivity contribution in [2.75, 3.05) is 4.90 Å². The maximum Gasteiger partial charge on any atom is 0.417 e. The highest BCUT2D eigenvalue weighted by molar-refractivity contribution is 9.10. The van der Waals surface area contributed by atoms with E-state index in [1.54, 1.807) is 0 Å². The number of hydrogen-bond acceptors (Lipinski definition) is 2. The van der Waals surface area contributed by atoms with Gasteiger partial charge in [0, 0.05) is 12.2 Å². The summed E-state index contributed by atoms with van der Waals surface area (Å²) in [5.41, 5.74) is -4.07. The number of carbonyl (C=O) groups is 2. The number of anilines is 1. The normalized spacial score (nSPS) is 15.9. The number of halogens is 7. The van der Waals surface area contributed by atoms with E-state index in [-0.39, 0.29) is 11.0 Å². The molecule has 0 atom stereocenters. The molecule has 0 saturated heterocycles. The summed E-state index contributed by atoms with van der Waals surface area (Å²) in [6.07, 6.45) is -8.67. The molecule has 10 heteroatoms. The molecule has 1 aromatic rings. The van der Waals surface area contributed by atoms with Crippen LogP contribution in [0.5, 0.6) is 0 Å². The first kappa shape index (κ1) is 16.5. The van der Waals surface area contributed by atoms with Crippen molar-refractivity contribution in [3.63, 3.8) is 0 Å². The van der Waals surface area contributed by atoms with Crippen LogP contribution in [0.2, 0.25) is 0 Å². The Balaban J connectivity index is 2.73. The molecular formula is C12H4BrF6NO2. The lowest BCUT2D eigenvalue weighted by molar-refractivity contribution is -0.143. The summed E-state index contributed by atoms with van der Waals surface area (Å²) in [6, 6.07) is 0.216. The van der Waals surface area contributed by atoms with Gasteiger partial charge in [-0.3, -0.25) is 9.59 Å². The Labute approximate surface area is 127 Å². The fourth-order valence-electron chi connectivity index (χ4n) is 1.78. The van der Waals surface area contributed by atoms with Gasteiger partial charge in [-0.05, 0) is 28.1 Å². The summed E-state index contributed by atoms with van der Waals surface area (Å²) >= 11 is 2.52. The van der Waals surface area contributed by atoms with Crippen molar-refractivity contribution >= 4 is 33.4 Å². The largest absolute Gasteiger partial charge is 0.417 e. The lowest BCUT2D eigenvalue weighted by atomic mass is 10.1. The first-order chi connectivity index (χ1) is 9.93. The quantitative estimate of drug-likeness (QED) is 0.541. The van der Waals surface area contributed by atoms with Gasteiger partial charge in [-0.15, -0.1) is 0 Å². The average molecular weight is 388 g/mol. The molecule has 22 heavy (non-hydrogen) atoms. The number of nitrogens with zero attached hydrogens (tertiary/aromatic N) is 1. The average Bonchev–Trinajstić information content (AvgIpc) is 2.67. The number of rotatable bonds is 1. The van der Waals surface area contributed by atoms with Gasteiger partial charge in [-0.2, -0.15) is 26.3 Å². The Bertz CT molecular complexity index is 674. The summed E-state index contributed by atoms with van der Waals surface area (Å²) in [6.45, 7) is 0. The van der Waals surface area contributed by atoms with Gasteiger partial charge in [-0.1, -0.05) is 0 Å². The van der Waals surface area contributed by atoms with Crippen LogP contribution < -0.4 is 4.90 Å². The van der Waals surface area contributed by atoms with Crippen LogP contribution in [0.4, 0.5) is 32.0 Å². The smallest absolute Gasteiger partial charge is 0.269 e. The number of imide groups is 1. The molecule has 0 aromatic heterocycles. The minimum absolute atomic E-state index is 0.0912. The van der Waals surface area contributed by atoms with E-state index in [4.69, 9.17) is 0 Å². The summed E-state index contributed by atoms with van der Waals surface area (Å²) in [5.74, 6) is -2.06. The molecule has 2 amide bonds. The van der Waals surface area contributed by atoms with E-state index < -0.39 is 45.5 Å². The zero-order valence-corrected chi connectivity index (χ0v) is 11.8. The standard InChI is InChI=1S/C12H4BrF6NO2/c13-10-6(12(17,18)19)3-5(11(14,15)16)4-7(10)20-8(21)1-2-9(20)22/h1-4H. The van der Waals surface area contributed by atoms with E-state index in [9.17, 15) is 35.9 Å². The maximum atomic E-state index is 12.9. The summed E-state index contributed by atoms with van der Waals surface area (Å²) in [4.78, 5) is 23.2. The van der Waals surface area contributed by atoms with Crippen LogP contribution in [0, 0.1) is 0 Å². The molecule has 1 aliphatic heterocycles. The molecule has 0 fully saturated rings. The van der Waals surface area contributed by atoms with E-state index in [0.29, 0.717) is 6.07 Å². The molecule has 0 saturated carbocycles. The van der Waals surface area contributed by atoms with Crippen molar-refractivity contribution < 1.29 is 35.9 Å². The van der Waals surface area contributed by atoms with Gasteiger partial charge in [-0.25, -0.2) is 4.90 Å². The second-order valence-corrected chi connectivity index (χ2v) is 4.99. The number of hydrogen-bond donors (Lipinski definition) is 0. The predicted molar refractivity (Wildman–Crippen MR) is 65.8 cm³/mol. The third-order valence-electron chi connectivity index (χ3n) is 2.74. The highest BCUT2D eigenvalue weighted by Gasteiger charge is 2.41. The van der Waals surface area contributed by atoms with Crippen molar-refractivity contribution in [2.24, 2.45) is 0 Å². The third-order valence-corrected chi connectivity index (χ3v) is 3.57. The minimum atomic E-state index is -5.10. The molecule has 2 rings (SSSR count). The van der Waals surface area contributed by atoms with Crippen LogP contribution in [0.15, 0.2) is 28.8 Å². The molecule has 0 N–H and O–H groups in total. The van der Waals surface area contributed by atoms with Gasteiger partial charge in [0.05, 0.1) is 21.3 Å². The van der Waals surface area contributed by atoms with E-state index in [0.717, 1.165) is 12.2 Å². The molecule has 3 nitrogen and oxygen atoms in total. The lowest BCUT2D eigenvalue weighted by Gasteiger charge is -2.21. The second-order valence-electron chi connectivity index (χ2n) is 4.20. The Morgan fingerprint density at radius 3 is 1.77 bits per heavy atom. The van der Waals surface area contributed by atoms with Crippen molar-refractivity contribution in [2.45, 2.75) is 12.4 Å². The Morgan fingerprint density at radius 2 is 1.36 bits per heavy atom. The molecule has 118 valence electrons. The molecular weight excluding hydrogens is 384 g/mol. The van der Waals surface area contributed by atoms with Crippen molar-refractivity contribution in [3.8, 4) is 0 Å². The van der Waals surface area contributed by atoms with Crippen LogP contribution >= 0.6 is 15.9 Å². The highest BCUT2D eigenvalue weighted by atomic mass is 79.9. The summed E-state index contributed by atoms with van der Waals surface area (Å²) < 4.78 is 76.1. The topological polar surface area (TPSA) is 37.4 Å². The predicted octanol–water partition coefficient (Wildman–Crippen LogP) is 3.92. The first-order valence-electron chi connectivity index (χ1n) is 5.47. The van der Waals surface area contributed by atoms with Crippen LogP contribution in [0.3, 0.4) is 0 Å². The van der Waals surface area contributed by atoms with Crippen LogP contribution in [-0.2, 0) is 21.9 Å². The second kappa shape index (κ2) is 5.11. The maximum absolute atomic E-state index is 12.9. The van der Waals surface area contributed by atoms with Crippen LogP contribution in [-0.4, -0.2) is 11.8 Å². The van der Waals surface area contributed by atoms with E-state index >= 15 is 0 Å². The SMILES string of the molecule is O=C1C=CC(=O)N1c1cc(C(F)(F)F)cc(C(F)(F)F)c1Br. The van der Waals surface area contributed by atoms with Crippen molar-refractivity contribution in [3.05, 3.63) is 39.9 Å². The zero-order valence-electron chi connectivity index (χ0n) is 10.2. The number of alkyl halides is 6. The Morgan fingerprint density at radius 1 is 0.864 bits per heavy atom. The monoisotopic (exact) mass is 387 g/mol. The molecule has 0 bridgehead atoms. The Kier molecular flexibility index (Phi) is 3.84. The van der Waals surface area contributed by atoms with Crippen LogP contribution in [0.1, 0.15) is 11.1 Å². The fraction of sp³-hybridized carbons (Fsp3) is 0.167. The summed E-state index contributed by atoms with van der Waals surface area (Å²) in [5, 5.41) is 0. The number of benzene rings is 1. The molecule has 0 aliphatic carbocycles. The Hall–Kier alpha value is -1.84. The van der Waals surface area contributed by atoms with Gasteiger partial charge in [0.15, 0.2) is 0 Å². The van der Waals surface area contributed by atoms with Crippen molar-refractivity contribution in [1.29, 1.82) is 0 Å². The zero-order chi connectivity index (χ0) is 16.9. The fourth-order valence-corrected chi connectivity index (χ4v) is 2.41. The minimum Gasteiger partial charge on any atom is -0.269 e. The molecule has 1 aromatic carbocycles. The van der Waals surface area contributed by atoms with Gasteiger partial charge in [0.25, 0.3) is 11.8 Å². The lowest BCUT2D eigenvalue weighted by Crippen LogP contribution is -2.31. The van der Waals surface area contributed by atoms with E-state index in [1.165, 1.54) is 0 Å². The van der Waals surface area contributed by atoms with Crippen molar-refractivity contribution in [1.82, 2.24) is 0 Å². The van der Waals surface area contributed by atoms with E-state index in [1.807, 2.05) is 0 Å². The molecule has 0 unspecified atom stereocenters. The molecule has 0 spiro atoms. The van der Waals surface area contributed by atoms with Crippen LogP contribution in [0.25, 0.3) is 0 Å². The van der Waals surface area contributed by atoms with Gasteiger partial charge < -0.3 is 0 Å². The molecule has 1 aliphatic rings. The van der Waals surface area contributed by atoms with E-state index in [2.05, 4.69) is 15.9 Å². The number of carbonyl (C=O) groups excluding carboxylic acids is 2. The molecule has 1 heterocycles. The highest BCUT2D eigenvalue weighted by Crippen LogP contribution is 2.44.